The van der Waals surface area contributed by atoms with E-state index in [1.165, 1.54) is 32.7 Å². The van der Waals surface area contributed by atoms with E-state index in [0.29, 0.717) is 6.54 Å². The number of halogens is 1. The van der Waals surface area contributed by atoms with E-state index in [9.17, 15) is 4.79 Å². The van der Waals surface area contributed by atoms with Gasteiger partial charge in [-0.05, 0) is 31.4 Å². The molecule has 1 aliphatic rings. The Bertz CT molecular complexity index is 1770. The smallest absolute Gasteiger partial charge is 0.377 e. The first kappa shape index (κ1) is 24.1. The van der Waals surface area contributed by atoms with Crippen LogP contribution in [0.5, 0.6) is 0 Å². The monoisotopic (exact) mass is 613 g/mol. The summed E-state index contributed by atoms with van der Waals surface area (Å²) < 4.78 is 11.8. The summed E-state index contributed by atoms with van der Waals surface area (Å²) in [5, 5.41) is 3.39. The zero-order chi connectivity index (χ0) is 23.4. The van der Waals surface area contributed by atoms with Crippen molar-refractivity contribution in [3.8, 4) is 0 Å². The van der Waals surface area contributed by atoms with Gasteiger partial charge in [0.25, 0.3) is 11.1 Å². The summed E-state index contributed by atoms with van der Waals surface area (Å²) in [4.78, 5) is 16.9. The summed E-state index contributed by atoms with van der Waals surface area (Å²) in [5.41, 5.74) is 3.12. The summed E-state index contributed by atoms with van der Waals surface area (Å²) in [7, 11) is 2.06. The van der Waals surface area contributed by atoms with Gasteiger partial charge in [0.15, 0.2) is 0 Å². The van der Waals surface area contributed by atoms with Gasteiger partial charge in [0.2, 0.25) is 5.58 Å². The predicted molar refractivity (Wildman–Crippen MR) is 141 cm³/mol. The first-order chi connectivity index (χ1) is 16.6. The topological polar surface area (TPSA) is 42.3 Å². The number of aryl methyl sites for hydroxylation is 1. The summed E-state index contributed by atoms with van der Waals surface area (Å²) >= 11 is 3.21. The molecule has 1 aliphatic heterocycles. The molecule has 2 aromatic heterocycles. The van der Waals surface area contributed by atoms with Crippen molar-refractivity contribution in [2.75, 3.05) is 11.9 Å². The quantitative estimate of drug-likeness (QED) is 0.227. The molecule has 0 spiro atoms. The Balaban J connectivity index is 0.00000253. The molecule has 8 heteroatoms. The van der Waals surface area contributed by atoms with Gasteiger partial charge < -0.3 is 33.3 Å². The number of oxazole rings is 1. The number of anilines is 1. The van der Waals surface area contributed by atoms with Crippen LogP contribution in [0.3, 0.4) is 0 Å². The fourth-order valence-electron chi connectivity index (χ4n) is 4.70. The second kappa shape index (κ2) is 9.48. The molecule has 0 N–H and O–H groups in total. The van der Waals surface area contributed by atoms with E-state index in [2.05, 4.69) is 65.9 Å². The second-order valence-corrected chi connectivity index (χ2v) is 10.3. The minimum atomic E-state index is 0. The van der Waals surface area contributed by atoms with Gasteiger partial charge in [-0.25, -0.2) is 0 Å². The highest BCUT2D eigenvalue weighted by molar-refractivity contribution is 8.08. The lowest BCUT2D eigenvalue weighted by Gasteiger charge is -2.15. The predicted octanol–water partition coefficient (Wildman–Crippen LogP) is 1.28. The Hall–Kier alpha value is -2.56. The summed E-state index contributed by atoms with van der Waals surface area (Å²) in [6.07, 6.45) is 2.01. The van der Waals surface area contributed by atoms with Gasteiger partial charge in [-0.1, -0.05) is 54.2 Å². The lowest BCUT2D eigenvalue weighted by atomic mass is 10.1. The minimum Gasteiger partial charge on any atom is -1.00 e. The van der Waals surface area contributed by atoms with E-state index in [4.69, 9.17) is 4.42 Å². The number of thioether (sulfide) groups is 1. The Morgan fingerprint density at radius 3 is 2.60 bits per heavy atom. The largest absolute Gasteiger partial charge is 1.00 e. The van der Waals surface area contributed by atoms with Crippen LogP contribution in [0.4, 0.5) is 5.69 Å². The molecule has 0 saturated heterocycles. The molecule has 35 heavy (non-hydrogen) atoms. The third kappa shape index (κ3) is 3.82. The van der Waals surface area contributed by atoms with E-state index in [-0.39, 0.29) is 29.5 Å². The molecule has 0 radical (unpaired) electrons. The maximum absolute atomic E-state index is 13.5. The van der Waals surface area contributed by atoms with Gasteiger partial charge in [0, 0.05) is 29.9 Å². The summed E-state index contributed by atoms with van der Waals surface area (Å²) in [6, 6.07) is 20.8. The summed E-state index contributed by atoms with van der Waals surface area (Å²) in [5.74, 6) is 0.755. The molecule has 0 fully saturated rings. The molecule has 5 nitrogen and oxygen atoms in total. The van der Waals surface area contributed by atoms with E-state index >= 15 is 0 Å². The average Bonchev–Trinajstić information content (AvgIpc) is 3.49. The van der Waals surface area contributed by atoms with Crippen LogP contribution >= 0.6 is 23.1 Å². The SMILES string of the molecule is CCn1c(=O)/c(=C2/Sc3ccc4ccccc4c3N2C)s/c1=C/c1oc2ccccc2[n+]1CC.[I-]. The van der Waals surface area contributed by atoms with Gasteiger partial charge in [0.05, 0.1) is 11.8 Å². The maximum Gasteiger partial charge on any atom is 0.377 e. The normalized spacial score (nSPS) is 15.2. The number of hydrogen-bond donors (Lipinski definition) is 0. The lowest BCUT2D eigenvalue weighted by molar-refractivity contribution is -0.674. The van der Waals surface area contributed by atoms with Crippen molar-refractivity contribution in [2.24, 2.45) is 0 Å². The molecule has 5 aromatic rings. The average molecular weight is 614 g/mol. The van der Waals surface area contributed by atoms with Crippen LogP contribution in [0.15, 0.2) is 74.8 Å². The van der Waals surface area contributed by atoms with Crippen LogP contribution in [0.1, 0.15) is 19.7 Å². The van der Waals surface area contributed by atoms with Crippen molar-refractivity contribution in [3.05, 3.63) is 86.1 Å². The number of para-hydroxylation sites is 2. The number of hydrogen-bond acceptors (Lipinski definition) is 5. The van der Waals surface area contributed by atoms with Crippen molar-refractivity contribution in [1.29, 1.82) is 0 Å². The second-order valence-electron chi connectivity index (χ2n) is 8.22. The number of nitrogens with zero attached hydrogens (tertiary/aromatic N) is 3. The fourth-order valence-corrected chi connectivity index (χ4v) is 7.16. The van der Waals surface area contributed by atoms with Crippen molar-refractivity contribution < 1.29 is 33.0 Å². The highest BCUT2D eigenvalue weighted by atomic mass is 127. The zero-order valence-corrected chi connectivity index (χ0v) is 23.4. The van der Waals surface area contributed by atoms with Crippen molar-refractivity contribution in [3.63, 3.8) is 0 Å². The van der Waals surface area contributed by atoms with E-state index in [1.807, 2.05) is 35.8 Å². The van der Waals surface area contributed by atoms with Crippen LogP contribution in [-0.4, -0.2) is 11.6 Å². The fraction of sp³-hybridized carbons (Fsp3) is 0.185. The van der Waals surface area contributed by atoms with E-state index in [0.717, 1.165) is 37.8 Å². The maximum atomic E-state index is 13.5. The molecule has 178 valence electrons. The first-order valence-corrected chi connectivity index (χ1v) is 13.0. The van der Waals surface area contributed by atoms with Crippen LogP contribution in [-0.2, 0) is 13.1 Å². The van der Waals surface area contributed by atoms with Crippen molar-refractivity contribution in [1.82, 2.24) is 4.57 Å². The van der Waals surface area contributed by atoms with Crippen LogP contribution < -0.4 is 48.2 Å². The molecule has 0 bridgehead atoms. The van der Waals surface area contributed by atoms with Crippen molar-refractivity contribution in [2.45, 2.75) is 31.8 Å². The Labute approximate surface area is 228 Å². The van der Waals surface area contributed by atoms with E-state index < -0.39 is 0 Å². The van der Waals surface area contributed by atoms with Gasteiger partial charge >= 0.3 is 5.89 Å². The highest BCUT2D eigenvalue weighted by Gasteiger charge is 2.27. The molecule has 0 atom stereocenters. The van der Waals surface area contributed by atoms with Crippen LogP contribution in [0.2, 0.25) is 0 Å². The number of aromatic nitrogens is 2. The molecular formula is C27H24IN3O2S2. The minimum absolute atomic E-state index is 0. The molecule has 3 heterocycles. The lowest BCUT2D eigenvalue weighted by Crippen LogP contribution is -3.00. The molecule has 0 saturated carbocycles. The third-order valence-electron chi connectivity index (χ3n) is 6.33. The third-order valence-corrected chi connectivity index (χ3v) is 8.80. The van der Waals surface area contributed by atoms with Crippen LogP contribution in [0.25, 0.3) is 33.0 Å². The number of fused-ring (bicyclic) bond motifs is 4. The highest BCUT2D eigenvalue weighted by Crippen LogP contribution is 2.48. The Morgan fingerprint density at radius 1 is 1.03 bits per heavy atom. The summed E-state index contributed by atoms with van der Waals surface area (Å²) in [6.45, 7) is 5.51. The van der Waals surface area contributed by atoms with Gasteiger partial charge in [-0.15, -0.1) is 11.3 Å². The van der Waals surface area contributed by atoms with E-state index in [1.54, 1.807) is 11.8 Å². The van der Waals surface area contributed by atoms with Gasteiger partial charge in [0.1, 0.15) is 20.8 Å². The number of rotatable bonds is 3. The zero-order valence-electron chi connectivity index (χ0n) is 19.6. The standard InChI is InChI=1S/C27H24N3O2S2.HI/c1-4-29-19-12-8-9-13-20(19)32-22(29)16-23-30(5-2)26(31)25(34-23)27-28(3)24-18-11-7-6-10-17(18)14-15-21(24)33-27;/h6-16H,4-5H2,1-3H3;1H/q+1;/p-1/b27-25-;. The molecule has 0 aliphatic carbocycles. The van der Waals surface area contributed by atoms with Gasteiger partial charge in [-0.3, -0.25) is 9.36 Å². The number of benzene rings is 3. The molecular weight excluding hydrogens is 589 g/mol. The molecule has 6 rings (SSSR count). The first-order valence-electron chi connectivity index (χ1n) is 11.4. The molecule has 0 amide bonds. The number of thiazole rings is 1. The molecule has 3 aromatic carbocycles. The van der Waals surface area contributed by atoms with Crippen LogP contribution in [0, 0.1) is 0 Å². The Morgan fingerprint density at radius 2 is 1.80 bits per heavy atom. The van der Waals surface area contributed by atoms with Crippen molar-refractivity contribution >= 4 is 61.8 Å². The molecule has 0 unspecified atom stereocenters. The van der Waals surface area contributed by atoms with Gasteiger partial charge in [-0.2, -0.15) is 4.57 Å². The Kier molecular flexibility index (Phi) is 6.54.